The molecular formula is C21H32N4O2. The van der Waals surface area contributed by atoms with E-state index in [1.807, 2.05) is 12.3 Å². The molecule has 0 bridgehead atoms. The standard InChI is InChI=1S/C21H32N4O2/c1-22-21(26)20-6-5-17(15-23-20)25-13-9-19(10-14-25)27-18-7-11-24(12-8-18)16-3-2-4-16/h5-6,15-16,18-19H,2-4,7-14H2,1H3,(H,22,26). The van der Waals surface area contributed by atoms with Crippen LogP contribution in [-0.4, -0.2) is 67.3 Å². The van der Waals surface area contributed by atoms with E-state index in [-0.39, 0.29) is 5.91 Å². The molecule has 0 unspecified atom stereocenters. The van der Waals surface area contributed by atoms with Crippen LogP contribution in [0.15, 0.2) is 18.3 Å². The molecule has 6 heteroatoms. The SMILES string of the molecule is CNC(=O)c1ccc(N2CCC(OC3CCN(C4CCC4)CC3)CC2)cn1. The predicted octanol–water partition coefficient (Wildman–Crippen LogP) is 2.44. The third-order valence-corrected chi connectivity index (χ3v) is 6.47. The average molecular weight is 373 g/mol. The topological polar surface area (TPSA) is 57.7 Å². The van der Waals surface area contributed by atoms with Crippen molar-refractivity contribution in [3.63, 3.8) is 0 Å². The summed E-state index contributed by atoms with van der Waals surface area (Å²) in [5.74, 6) is -0.142. The van der Waals surface area contributed by atoms with Gasteiger partial charge in [0.1, 0.15) is 5.69 Å². The van der Waals surface area contributed by atoms with Gasteiger partial charge in [-0.05, 0) is 50.7 Å². The van der Waals surface area contributed by atoms with Crippen molar-refractivity contribution in [2.24, 2.45) is 0 Å². The Balaban J connectivity index is 1.20. The second kappa shape index (κ2) is 8.57. The molecular weight excluding hydrogens is 340 g/mol. The van der Waals surface area contributed by atoms with Gasteiger partial charge in [-0.1, -0.05) is 6.42 Å². The molecule has 1 N–H and O–H groups in total. The smallest absolute Gasteiger partial charge is 0.269 e. The van der Waals surface area contributed by atoms with Gasteiger partial charge in [-0.2, -0.15) is 0 Å². The zero-order valence-corrected chi connectivity index (χ0v) is 16.4. The summed E-state index contributed by atoms with van der Waals surface area (Å²) >= 11 is 0. The molecule has 3 aliphatic rings. The lowest BCUT2D eigenvalue weighted by Gasteiger charge is -2.43. The number of ether oxygens (including phenoxy) is 1. The predicted molar refractivity (Wildman–Crippen MR) is 106 cm³/mol. The Labute approximate surface area is 162 Å². The van der Waals surface area contributed by atoms with Gasteiger partial charge in [-0.3, -0.25) is 4.79 Å². The first kappa shape index (κ1) is 18.7. The van der Waals surface area contributed by atoms with Gasteiger partial charge in [0.05, 0.1) is 24.1 Å². The quantitative estimate of drug-likeness (QED) is 0.860. The zero-order chi connectivity index (χ0) is 18.6. The van der Waals surface area contributed by atoms with Crippen LogP contribution in [0.5, 0.6) is 0 Å². The van der Waals surface area contributed by atoms with Crippen molar-refractivity contribution in [2.45, 2.75) is 63.2 Å². The van der Waals surface area contributed by atoms with Gasteiger partial charge in [0, 0.05) is 39.3 Å². The highest BCUT2D eigenvalue weighted by Gasteiger charge is 2.30. The Bertz CT molecular complexity index is 616. The number of aromatic nitrogens is 1. The Kier molecular flexibility index (Phi) is 5.93. The van der Waals surface area contributed by atoms with Gasteiger partial charge in [-0.15, -0.1) is 0 Å². The van der Waals surface area contributed by atoms with Gasteiger partial charge in [0.2, 0.25) is 0 Å². The molecule has 0 spiro atoms. The van der Waals surface area contributed by atoms with Crippen molar-refractivity contribution in [3.05, 3.63) is 24.0 Å². The Morgan fingerprint density at radius 2 is 1.70 bits per heavy atom. The average Bonchev–Trinajstić information content (AvgIpc) is 2.68. The molecule has 4 rings (SSSR count). The molecule has 2 aliphatic heterocycles. The molecule has 0 atom stereocenters. The molecule has 1 aliphatic carbocycles. The molecule has 0 radical (unpaired) electrons. The van der Waals surface area contributed by atoms with E-state index in [9.17, 15) is 4.79 Å². The number of rotatable bonds is 5. The maximum absolute atomic E-state index is 11.6. The highest BCUT2D eigenvalue weighted by molar-refractivity contribution is 5.92. The lowest BCUT2D eigenvalue weighted by Crippen LogP contribution is -2.47. The lowest BCUT2D eigenvalue weighted by molar-refractivity contribution is -0.0598. The number of pyridine rings is 1. The van der Waals surface area contributed by atoms with E-state index in [1.54, 1.807) is 13.1 Å². The molecule has 6 nitrogen and oxygen atoms in total. The summed E-state index contributed by atoms with van der Waals surface area (Å²) in [6, 6.07) is 4.67. The minimum Gasteiger partial charge on any atom is -0.375 e. The summed E-state index contributed by atoms with van der Waals surface area (Å²) in [5.41, 5.74) is 1.56. The van der Waals surface area contributed by atoms with E-state index in [0.717, 1.165) is 37.7 Å². The van der Waals surface area contributed by atoms with Crippen LogP contribution < -0.4 is 10.2 Å². The van der Waals surface area contributed by atoms with E-state index in [0.29, 0.717) is 17.9 Å². The fourth-order valence-corrected chi connectivity index (χ4v) is 4.49. The first-order chi connectivity index (χ1) is 13.2. The number of likely N-dealkylation sites (tertiary alicyclic amines) is 1. The molecule has 3 heterocycles. The van der Waals surface area contributed by atoms with E-state index in [4.69, 9.17) is 4.74 Å². The van der Waals surface area contributed by atoms with Crippen LogP contribution in [0.4, 0.5) is 5.69 Å². The highest BCUT2D eigenvalue weighted by Crippen LogP contribution is 2.29. The Morgan fingerprint density at radius 1 is 1.04 bits per heavy atom. The Hall–Kier alpha value is -1.66. The minimum absolute atomic E-state index is 0.142. The summed E-state index contributed by atoms with van der Waals surface area (Å²) in [5, 5.41) is 2.61. The number of nitrogens with zero attached hydrogens (tertiary/aromatic N) is 3. The van der Waals surface area contributed by atoms with Crippen LogP contribution in [-0.2, 0) is 4.74 Å². The normalized spacial score (nSPS) is 23.2. The molecule has 2 saturated heterocycles. The second-order valence-electron chi connectivity index (χ2n) is 8.12. The summed E-state index contributed by atoms with van der Waals surface area (Å²) in [6.07, 6.45) is 11.4. The van der Waals surface area contributed by atoms with Crippen LogP contribution in [0, 0.1) is 0 Å². The van der Waals surface area contributed by atoms with Crippen molar-refractivity contribution < 1.29 is 9.53 Å². The van der Waals surface area contributed by atoms with Gasteiger partial charge in [-0.25, -0.2) is 4.98 Å². The Morgan fingerprint density at radius 3 is 2.22 bits per heavy atom. The molecule has 1 aromatic rings. The second-order valence-corrected chi connectivity index (χ2v) is 8.12. The number of nitrogens with one attached hydrogen (secondary N) is 1. The van der Waals surface area contributed by atoms with Crippen LogP contribution in [0.3, 0.4) is 0 Å². The molecule has 1 aromatic heterocycles. The van der Waals surface area contributed by atoms with Crippen LogP contribution in [0.25, 0.3) is 0 Å². The number of carbonyl (C=O) groups excluding carboxylic acids is 1. The van der Waals surface area contributed by atoms with Crippen molar-refractivity contribution >= 4 is 11.6 Å². The number of amides is 1. The number of hydrogen-bond acceptors (Lipinski definition) is 5. The van der Waals surface area contributed by atoms with Crippen molar-refractivity contribution in [1.29, 1.82) is 0 Å². The summed E-state index contributed by atoms with van der Waals surface area (Å²) in [4.78, 5) is 20.9. The number of carbonyl (C=O) groups is 1. The van der Waals surface area contributed by atoms with Crippen LogP contribution in [0.2, 0.25) is 0 Å². The van der Waals surface area contributed by atoms with Crippen molar-refractivity contribution in [2.75, 3.05) is 38.1 Å². The van der Waals surface area contributed by atoms with Crippen molar-refractivity contribution in [1.82, 2.24) is 15.2 Å². The summed E-state index contributed by atoms with van der Waals surface area (Å²) in [6.45, 7) is 4.42. The number of anilines is 1. The molecule has 148 valence electrons. The monoisotopic (exact) mass is 372 g/mol. The highest BCUT2D eigenvalue weighted by atomic mass is 16.5. The van der Waals surface area contributed by atoms with Gasteiger partial charge in [0.15, 0.2) is 0 Å². The molecule has 1 saturated carbocycles. The number of piperidine rings is 2. The van der Waals surface area contributed by atoms with Gasteiger partial charge >= 0.3 is 0 Å². The molecule has 3 fully saturated rings. The first-order valence-corrected chi connectivity index (χ1v) is 10.6. The third kappa shape index (κ3) is 4.43. The van der Waals surface area contributed by atoms with E-state index >= 15 is 0 Å². The molecule has 27 heavy (non-hydrogen) atoms. The molecule has 1 amide bonds. The van der Waals surface area contributed by atoms with E-state index < -0.39 is 0 Å². The maximum Gasteiger partial charge on any atom is 0.269 e. The fourth-order valence-electron chi connectivity index (χ4n) is 4.49. The first-order valence-electron chi connectivity index (χ1n) is 10.6. The summed E-state index contributed by atoms with van der Waals surface area (Å²) in [7, 11) is 1.62. The van der Waals surface area contributed by atoms with Gasteiger partial charge in [0.25, 0.3) is 5.91 Å². The van der Waals surface area contributed by atoms with Crippen LogP contribution >= 0.6 is 0 Å². The van der Waals surface area contributed by atoms with E-state index in [1.165, 1.54) is 45.2 Å². The fraction of sp³-hybridized carbons (Fsp3) is 0.714. The van der Waals surface area contributed by atoms with Crippen molar-refractivity contribution in [3.8, 4) is 0 Å². The maximum atomic E-state index is 11.6. The minimum atomic E-state index is -0.142. The van der Waals surface area contributed by atoms with Gasteiger partial charge < -0.3 is 19.9 Å². The molecule has 0 aromatic carbocycles. The van der Waals surface area contributed by atoms with E-state index in [2.05, 4.69) is 20.1 Å². The lowest BCUT2D eigenvalue weighted by atomic mass is 9.89. The largest absolute Gasteiger partial charge is 0.375 e. The third-order valence-electron chi connectivity index (χ3n) is 6.47. The number of hydrogen-bond donors (Lipinski definition) is 1. The van der Waals surface area contributed by atoms with Crippen LogP contribution in [0.1, 0.15) is 55.4 Å². The summed E-state index contributed by atoms with van der Waals surface area (Å²) < 4.78 is 6.44. The zero-order valence-electron chi connectivity index (χ0n) is 16.4.